The first-order valence-corrected chi connectivity index (χ1v) is 9.12. The van der Waals surface area contributed by atoms with E-state index in [0.717, 1.165) is 21.4 Å². The number of ether oxygens (including phenoxy) is 1. The second-order valence-corrected chi connectivity index (χ2v) is 6.84. The summed E-state index contributed by atoms with van der Waals surface area (Å²) in [5, 5.41) is 8.49. The lowest BCUT2D eigenvalue weighted by molar-refractivity contribution is 0.333. The van der Waals surface area contributed by atoms with Crippen molar-refractivity contribution in [2.45, 2.75) is 0 Å². The van der Waals surface area contributed by atoms with Crippen LogP contribution in [0.3, 0.4) is 0 Å². The van der Waals surface area contributed by atoms with Crippen LogP contribution in [-0.4, -0.2) is 27.7 Å². The Balaban J connectivity index is 1.39. The van der Waals surface area contributed by atoms with E-state index in [4.69, 9.17) is 16.3 Å². The fourth-order valence-corrected chi connectivity index (χ4v) is 3.40. The van der Waals surface area contributed by atoms with Crippen molar-refractivity contribution in [1.82, 2.24) is 14.6 Å². The molecule has 1 N–H and O–H groups in total. The lowest BCUT2D eigenvalue weighted by Gasteiger charge is -2.05. The van der Waals surface area contributed by atoms with E-state index in [0.29, 0.717) is 18.8 Å². The molecule has 2 aromatic heterocycles. The van der Waals surface area contributed by atoms with Gasteiger partial charge in [-0.15, -0.1) is 5.10 Å². The van der Waals surface area contributed by atoms with Gasteiger partial charge in [0.15, 0.2) is 0 Å². The molecule has 0 saturated heterocycles. The van der Waals surface area contributed by atoms with Crippen LogP contribution in [0.15, 0.2) is 54.7 Å². The van der Waals surface area contributed by atoms with E-state index in [-0.39, 0.29) is 5.02 Å². The summed E-state index contributed by atoms with van der Waals surface area (Å²) < 4.78 is 20.6. The Morgan fingerprint density at radius 2 is 2.04 bits per heavy atom. The Hall–Kier alpha value is -2.64. The molecule has 0 unspecified atom stereocenters. The summed E-state index contributed by atoms with van der Waals surface area (Å²) in [6.45, 7) is 1.16. The van der Waals surface area contributed by atoms with E-state index in [1.54, 1.807) is 22.8 Å². The van der Waals surface area contributed by atoms with Gasteiger partial charge in [-0.25, -0.2) is 13.9 Å². The van der Waals surface area contributed by atoms with E-state index < -0.39 is 5.82 Å². The summed E-state index contributed by atoms with van der Waals surface area (Å²) in [7, 11) is 0. The van der Waals surface area contributed by atoms with Gasteiger partial charge >= 0.3 is 0 Å². The van der Waals surface area contributed by atoms with Gasteiger partial charge < -0.3 is 10.1 Å². The maximum absolute atomic E-state index is 13.3. The van der Waals surface area contributed by atoms with Crippen molar-refractivity contribution in [2.75, 3.05) is 18.5 Å². The number of benzene rings is 2. The van der Waals surface area contributed by atoms with Crippen LogP contribution in [0.5, 0.6) is 5.75 Å². The van der Waals surface area contributed by atoms with Gasteiger partial charge in [0.25, 0.3) is 0 Å². The van der Waals surface area contributed by atoms with Crippen LogP contribution in [0.1, 0.15) is 0 Å². The lowest BCUT2D eigenvalue weighted by atomic mass is 10.2. The van der Waals surface area contributed by atoms with E-state index in [1.807, 2.05) is 30.3 Å². The third kappa shape index (κ3) is 3.63. The highest BCUT2D eigenvalue weighted by atomic mass is 35.5. The molecule has 26 heavy (non-hydrogen) atoms. The second kappa shape index (κ2) is 7.31. The predicted octanol–water partition coefficient (Wildman–Crippen LogP) is 4.74. The van der Waals surface area contributed by atoms with Gasteiger partial charge in [0.1, 0.15) is 18.2 Å². The van der Waals surface area contributed by atoms with Crippen LogP contribution in [-0.2, 0) is 0 Å². The number of hydrogen-bond acceptors (Lipinski definition) is 5. The van der Waals surface area contributed by atoms with Gasteiger partial charge in [-0.3, -0.25) is 0 Å². The SMILES string of the molecule is Fc1ccc(-c2cn3nc(NCCOc4ccccc4)sc3n2)cc1Cl. The Kier molecular flexibility index (Phi) is 4.73. The van der Waals surface area contributed by atoms with Gasteiger partial charge in [-0.05, 0) is 30.3 Å². The Bertz CT molecular complexity index is 1000. The molecule has 0 radical (unpaired) electrons. The van der Waals surface area contributed by atoms with Crippen molar-refractivity contribution in [2.24, 2.45) is 0 Å². The number of anilines is 1. The van der Waals surface area contributed by atoms with E-state index in [1.165, 1.54) is 17.4 Å². The predicted molar refractivity (Wildman–Crippen MR) is 102 cm³/mol. The summed E-state index contributed by atoms with van der Waals surface area (Å²) in [5.74, 6) is 0.393. The third-order valence-corrected chi connectivity index (χ3v) is 4.82. The van der Waals surface area contributed by atoms with E-state index >= 15 is 0 Å². The normalized spacial score (nSPS) is 11.0. The summed E-state index contributed by atoms with van der Waals surface area (Å²) in [6.07, 6.45) is 1.79. The standard InChI is InChI=1S/C18H14ClFN4OS/c19-14-10-12(6-7-15(14)20)16-11-24-18(22-16)26-17(23-24)21-8-9-25-13-4-2-1-3-5-13/h1-7,10-11H,8-9H2,(H,21,23). The highest BCUT2D eigenvalue weighted by Crippen LogP contribution is 2.27. The van der Waals surface area contributed by atoms with Crippen molar-refractivity contribution >= 4 is 33.0 Å². The van der Waals surface area contributed by atoms with E-state index in [9.17, 15) is 4.39 Å². The molecular formula is C18H14ClFN4OS. The summed E-state index contributed by atoms with van der Waals surface area (Å²) in [5.41, 5.74) is 1.45. The quantitative estimate of drug-likeness (QED) is 0.485. The van der Waals surface area contributed by atoms with Crippen molar-refractivity contribution in [3.05, 3.63) is 65.6 Å². The number of imidazole rings is 1. The second-order valence-electron chi connectivity index (χ2n) is 5.48. The smallest absolute Gasteiger partial charge is 0.214 e. The number of halogens is 2. The van der Waals surface area contributed by atoms with Crippen molar-refractivity contribution in [3.63, 3.8) is 0 Å². The number of hydrogen-bond donors (Lipinski definition) is 1. The minimum Gasteiger partial charge on any atom is -0.492 e. The molecule has 8 heteroatoms. The molecule has 2 aromatic carbocycles. The highest BCUT2D eigenvalue weighted by Gasteiger charge is 2.11. The maximum Gasteiger partial charge on any atom is 0.214 e. The van der Waals surface area contributed by atoms with Gasteiger partial charge in [0, 0.05) is 5.56 Å². The Morgan fingerprint density at radius 1 is 1.19 bits per heavy atom. The highest BCUT2D eigenvalue weighted by molar-refractivity contribution is 7.20. The number of para-hydroxylation sites is 1. The maximum atomic E-state index is 13.3. The summed E-state index contributed by atoms with van der Waals surface area (Å²) in [6, 6.07) is 14.2. The first-order valence-electron chi connectivity index (χ1n) is 7.92. The van der Waals surface area contributed by atoms with Gasteiger partial charge in [0.05, 0.1) is 23.5 Å². The topological polar surface area (TPSA) is 51.5 Å². The first kappa shape index (κ1) is 16.8. The van der Waals surface area contributed by atoms with Crippen LogP contribution < -0.4 is 10.1 Å². The van der Waals surface area contributed by atoms with Gasteiger partial charge in [0.2, 0.25) is 10.1 Å². The Labute approximate surface area is 158 Å². The zero-order valence-electron chi connectivity index (χ0n) is 13.5. The van der Waals surface area contributed by atoms with Gasteiger partial charge in [-0.2, -0.15) is 0 Å². The van der Waals surface area contributed by atoms with Crippen molar-refractivity contribution in [3.8, 4) is 17.0 Å². The largest absolute Gasteiger partial charge is 0.492 e. The number of nitrogens with one attached hydrogen (secondary N) is 1. The molecule has 0 atom stereocenters. The van der Waals surface area contributed by atoms with E-state index in [2.05, 4.69) is 15.4 Å². The molecule has 5 nitrogen and oxygen atoms in total. The van der Waals surface area contributed by atoms with Crippen LogP contribution in [0, 0.1) is 5.82 Å². The molecule has 0 aliphatic carbocycles. The minimum absolute atomic E-state index is 0.0765. The molecule has 4 aromatic rings. The van der Waals surface area contributed by atoms with Crippen molar-refractivity contribution < 1.29 is 9.13 Å². The number of nitrogens with zero attached hydrogens (tertiary/aromatic N) is 3. The molecule has 0 saturated carbocycles. The molecule has 4 rings (SSSR count). The zero-order chi connectivity index (χ0) is 17.9. The lowest BCUT2D eigenvalue weighted by Crippen LogP contribution is -2.11. The van der Waals surface area contributed by atoms with Crippen LogP contribution >= 0.6 is 22.9 Å². The van der Waals surface area contributed by atoms with Crippen molar-refractivity contribution in [1.29, 1.82) is 0 Å². The monoisotopic (exact) mass is 388 g/mol. The third-order valence-electron chi connectivity index (χ3n) is 3.65. The Morgan fingerprint density at radius 3 is 2.81 bits per heavy atom. The van der Waals surface area contributed by atoms with Crippen LogP contribution in [0.4, 0.5) is 9.52 Å². The molecular weight excluding hydrogens is 375 g/mol. The minimum atomic E-state index is -0.446. The molecule has 0 aliphatic rings. The molecule has 2 heterocycles. The van der Waals surface area contributed by atoms with Gasteiger partial charge in [-0.1, -0.05) is 41.1 Å². The van der Waals surface area contributed by atoms with Crippen LogP contribution in [0.2, 0.25) is 5.02 Å². The molecule has 0 amide bonds. The van der Waals surface area contributed by atoms with Crippen LogP contribution in [0.25, 0.3) is 16.2 Å². The summed E-state index contributed by atoms with van der Waals surface area (Å²) >= 11 is 7.27. The molecule has 0 bridgehead atoms. The number of aromatic nitrogens is 3. The molecule has 0 fully saturated rings. The fourth-order valence-electron chi connectivity index (χ4n) is 2.41. The molecule has 132 valence electrons. The summed E-state index contributed by atoms with van der Waals surface area (Å²) in [4.78, 5) is 5.26. The fraction of sp³-hybridized carbons (Fsp3) is 0.111. The molecule has 0 spiro atoms. The number of rotatable bonds is 6. The number of fused-ring (bicyclic) bond motifs is 1. The average Bonchev–Trinajstić information content (AvgIpc) is 3.21. The molecule has 0 aliphatic heterocycles. The first-order chi connectivity index (χ1) is 12.7. The average molecular weight is 389 g/mol. The zero-order valence-corrected chi connectivity index (χ0v) is 15.1.